The van der Waals surface area contributed by atoms with Gasteiger partial charge in [-0.15, -0.1) is 0 Å². The Hall–Kier alpha value is -1.26. The number of nitrogen functional groups attached to an aromatic ring is 1. The molecule has 1 aromatic rings. The van der Waals surface area contributed by atoms with Crippen LogP contribution in [0.2, 0.25) is 5.02 Å². The van der Waals surface area contributed by atoms with Crippen LogP contribution >= 0.6 is 11.6 Å². The van der Waals surface area contributed by atoms with Crippen molar-refractivity contribution in [2.45, 2.75) is 13.0 Å². The molecule has 1 rings (SSSR count). The zero-order valence-corrected chi connectivity index (χ0v) is 8.99. The highest BCUT2D eigenvalue weighted by Crippen LogP contribution is 2.23. The molecule has 0 saturated carbocycles. The fourth-order valence-electron chi connectivity index (χ4n) is 0.982. The number of halogens is 1. The molecule has 0 amide bonds. The molecular formula is C10H12ClNO3. The van der Waals surface area contributed by atoms with Crippen LogP contribution < -0.4 is 5.73 Å². The number of ether oxygens (including phenoxy) is 1. The van der Waals surface area contributed by atoms with Crippen LogP contribution in [0.25, 0.3) is 0 Å². The molecule has 0 fully saturated rings. The molecule has 15 heavy (non-hydrogen) atoms. The van der Waals surface area contributed by atoms with E-state index in [1.165, 1.54) is 13.0 Å². The van der Waals surface area contributed by atoms with Crippen LogP contribution in [-0.4, -0.2) is 23.8 Å². The molecule has 0 spiro atoms. The molecule has 0 heterocycles. The average molecular weight is 230 g/mol. The fraction of sp³-hybridized carbons (Fsp3) is 0.300. The van der Waals surface area contributed by atoms with Crippen LogP contribution in [0.15, 0.2) is 18.2 Å². The summed E-state index contributed by atoms with van der Waals surface area (Å²) in [6, 6.07) is 4.72. The number of carbonyl (C=O) groups is 1. The highest BCUT2D eigenvalue weighted by molar-refractivity contribution is 6.36. The number of esters is 1. The van der Waals surface area contributed by atoms with Gasteiger partial charge in [0.2, 0.25) is 0 Å². The first-order chi connectivity index (χ1) is 7.02. The number of aliphatic hydroxyl groups is 1. The third-order valence-corrected chi connectivity index (χ3v) is 2.13. The molecule has 0 aliphatic rings. The van der Waals surface area contributed by atoms with Crippen molar-refractivity contribution in [3.63, 3.8) is 0 Å². The Balaban J connectivity index is 2.78. The summed E-state index contributed by atoms with van der Waals surface area (Å²) in [5.74, 6) is -0.590. The van der Waals surface area contributed by atoms with Crippen molar-refractivity contribution < 1.29 is 14.6 Å². The van der Waals surface area contributed by atoms with Crippen molar-refractivity contribution in [2.24, 2.45) is 0 Å². The molecular weight excluding hydrogens is 218 g/mol. The summed E-state index contributed by atoms with van der Waals surface area (Å²) >= 11 is 5.82. The number of carbonyl (C=O) groups excluding carboxylic acids is 1. The van der Waals surface area contributed by atoms with Crippen LogP contribution in [-0.2, 0) is 4.74 Å². The lowest BCUT2D eigenvalue weighted by molar-refractivity contribution is 0.0296. The van der Waals surface area contributed by atoms with Crippen molar-refractivity contribution >= 4 is 23.3 Å². The van der Waals surface area contributed by atoms with Crippen LogP contribution in [0.5, 0.6) is 0 Å². The molecule has 1 unspecified atom stereocenters. The summed E-state index contributed by atoms with van der Waals surface area (Å²) in [5.41, 5.74) is 6.05. The predicted molar refractivity (Wildman–Crippen MR) is 57.8 cm³/mol. The Morgan fingerprint density at radius 1 is 1.67 bits per heavy atom. The Kier molecular flexibility index (Phi) is 3.94. The third-order valence-electron chi connectivity index (χ3n) is 1.70. The zero-order chi connectivity index (χ0) is 11.4. The topological polar surface area (TPSA) is 72.5 Å². The number of rotatable bonds is 3. The monoisotopic (exact) mass is 229 g/mol. The van der Waals surface area contributed by atoms with Gasteiger partial charge in [0, 0.05) is 0 Å². The minimum Gasteiger partial charge on any atom is -0.459 e. The summed E-state index contributed by atoms with van der Waals surface area (Å²) in [7, 11) is 0. The van der Waals surface area contributed by atoms with Gasteiger partial charge >= 0.3 is 5.97 Å². The lowest BCUT2D eigenvalue weighted by Crippen LogP contribution is -2.15. The molecule has 0 aliphatic heterocycles. The number of nitrogens with two attached hydrogens (primary N) is 1. The van der Waals surface area contributed by atoms with Gasteiger partial charge in [-0.05, 0) is 19.1 Å². The van der Waals surface area contributed by atoms with Gasteiger partial charge in [0.05, 0.1) is 22.4 Å². The first kappa shape index (κ1) is 11.8. The van der Waals surface area contributed by atoms with Crippen molar-refractivity contribution in [3.8, 4) is 0 Å². The van der Waals surface area contributed by atoms with Gasteiger partial charge in [0.1, 0.15) is 6.61 Å². The average Bonchev–Trinajstić information content (AvgIpc) is 2.18. The molecule has 4 nitrogen and oxygen atoms in total. The number of anilines is 1. The van der Waals surface area contributed by atoms with E-state index in [0.29, 0.717) is 5.69 Å². The minimum absolute atomic E-state index is 0.0655. The maximum absolute atomic E-state index is 11.4. The highest BCUT2D eigenvalue weighted by Gasteiger charge is 2.13. The van der Waals surface area contributed by atoms with E-state index >= 15 is 0 Å². The summed E-state index contributed by atoms with van der Waals surface area (Å²) in [6.07, 6.45) is -0.700. The van der Waals surface area contributed by atoms with E-state index in [2.05, 4.69) is 0 Å². The summed E-state index contributed by atoms with van der Waals surface area (Å²) in [5, 5.41) is 9.11. The van der Waals surface area contributed by atoms with Gasteiger partial charge in [0.15, 0.2) is 0 Å². The van der Waals surface area contributed by atoms with Gasteiger partial charge < -0.3 is 15.6 Å². The molecule has 5 heteroatoms. The SMILES string of the molecule is CC(O)COC(=O)c1cccc(N)c1Cl. The maximum atomic E-state index is 11.4. The van der Waals surface area contributed by atoms with Gasteiger partial charge in [-0.2, -0.15) is 0 Å². The maximum Gasteiger partial charge on any atom is 0.339 e. The number of hydrogen-bond donors (Lipinski definition) is 2. The summed E-state index contributed by atoms with van der Waals surface area (Å²) < 4.78 is 4.80. The molecule has 1 atom stereocenters. The van der Waals surface area contributed by atoms with Crippen molar-refractivity contribution in [3.05, 3.63) is 28.8 Å². The molecule has 3 N–H and O–H groups in total. The summed E-state index contributed by atoms with van der Waals surface area (Å²) in [6.45, 7) is 1.46. The largest absolute Gasteiger partial charge is 0.459 e. The minimum atomic E-state index is -0.700. The predicted octanol–water partition coefficient (Wildman–Crippen LogP) is 1.46. The van der Waals surface area contributed by atoms with Crippen molar-refractivity contribution in [2.75, 3.05) is 12.3 Å². The van der Waals surface area contributed by atoms with E-state index in [4.69, 9.17) is 27.2 Å². The number of benzene rings is 1. The lowest BCUT2D eigenvalue weighted by atomic mass is 10.2. The van der Waals surface area contributed by atoms with E-state index in [0.717, 1.165) is 0 Å². The van der Waals surface area contributed by atoms with Crippen molar-refractivity contribution in [1.29, 1.82) is 0 Å². The Morgan fingerprint density at radius 2 is 2.33 bits per heavy atom. The summed E-state index contributed by atoms with van der Waals surface area (Å²) in [4.78, 5) is 11.4. The second kappa shape index (κ2) is 5.00. The van der Waals surface area contributed by atoms with E-state index in [-0.39, 0.29) is 17.2 Å². The Labute approximate surface area is 92.6 Å². The molecule has 0 saturated heterocycles. The number of aliphatic hydroxyl groups excluding tert-OH is 1. The van der Waals surface area contributed by atoms with E-state index in [9.17, 15) is 4.79 Å². The molecule has 82 valence electrons. The van der Waals surface area contributed by atoms with Gasteiger partial charge in [0.25, 0.3) is 0 Å². The van der Waals surface area contributed by atoms with Gasteiger partial charge in [-0.3, -0.25) is 0 Å². The van der Waals surface area contributed by atoms with Gasteiger partial charge in [-0.25, -0.2) is 4.79 Å². The molecule has 1 aromatic carbocycles. The van der Waals surface area contributed by atoms with Crippen LogP contribution in [0, 0.1) is 0 Å². The smallest absolute Gasteiger partial charge is 0.339 e. The molecule has 0 bridgehead atoms. The van der Waals surface area contributed by atoms with Crippen LogP contribution in [0.1, 0.15) is 17.3 Å². The van der Waals surface area contributed by atoms with E-state index in [1.54, 1.807) is 12.1 Å². The van der Waals surface area contributed by atoms with Crippen molar-refractivity contribution in [1.82, 2.24) is 0 Å². The molecule has 0 aliphatic carbocycles. The first-order valence-corrected chi connectivity index (χ1v) is 4.79. The molecule has 0 radical (unpaired) electrons. The van der Waals surface area contributed by atoms with E-state index in [1.807, 2.05) is 0 Å². The quantitative estimate of drug-likeness (QED) is 0.608. The fourth-order valence-corrected chi connectivity index (χ4v) is 1.18. The normalized spacial score (nSPS) is 12.2. The standard InChI is InChI=1S/C10H12ClNO3/c1-6(13)5-15-10(14)7-3-2-4-8(12)9(7)11/h2-4,6,13H,5,12H2,1H3. The van der Waals surface area contributed by atoms with Crippen LogP contribution in [0.4, 0.5) is 5.69 Å². The van der Waals surface area contributed by atoms with E-state index < -0.39 is 12.1 Å². The Bertz CT molecular complexity index is 366. The van der Waals surface area contributed by atoms with Gasteiger partial charge in [-0.1, -0.05) is 17.7 Å². The molecule has 0 aromatic heterocycles. The highest BCUT2D eigenvalue weighted by atomic mass is 35.5. The first-order valence-electron chi connectivity index (χ1n) is 4.41. The second-order valence-electron chi connectivity index (χ2n) is 3.16. The number of hydrogen-bond acceptors (Lipinski definition) is 4. The third kappa shape index (κ3) is 3.11. The Morgan fingerprint density at radius 3 is 2.93 bits per heavy atom. The lowest BCUT2D eigenvalue weighted by Gasteiger charge is -2.08. The second-order valence-corrected chi connectivity index (χ2v) is 3.53. The zero-order valence-electron chi connectivity index (χ0n) is 8.24. The van der Waals surface area contributed by atoms with Crippen LogP contribution in [0.3, 0.4) is 0 Å².